The zero-order valence-corrected chi connectivity index (χ0v) is 20.0. The van der Waals surface area contributed by atoms with Gasteiger partial charge in [0.05, 0.1) is 24.2 Å². The van der Waals surface area contributed by atoms with Crippen molar-refractivity contribution in [1.82, 2.24) is 15.5 Å². The Morgan fingerprint density at radius 3 is 2.35 bits per heavy atom. The Kier molecular flexibility index (Phi) is 7.40. The molecule has 1 saturated heterocycles. The van der Waals surface area contributed by atoms with Crippen LogP contribution in [-0.2, 0) is 5.54 Å². The highest BCUT2D eigenvalue weighted by Crippen LogP contribution is 2.37. The third-order valence-corrected chi connectivity index (χ3v) is 6.64. The van der Waals surface area contributed by atoms with Crippen molar-refractivity contribution < 1.29 is 27.9 Å². The summed E-state index contributed by atoms with van der Waals surface area (Å²) < 4.78 is 41.1. The second kappa shape index (κ2) is 10.5. The molecule has 5 N–H and O–H groups in total. The van der Waals surface area contributed by atoms with E-state index in [1.807, 2.05) is 6.92 Å². The molecule has 0 saturated carbocycles. The van der Waals surface area contributed by atoms with E-state index in [-0.39, 0.29) is 31.1 Å². The number of halogens is 3. The number of nitrogens with one attached hydrogen (secondary N) is 2. The molecule has 0 radical (unpaired) electrons. The molecule has 3 atom stereocenters. The van der Waals surface area contributed by atoms with E-state index in [1.165, 1.54) is 24.3 Å². The van der Waals surface area contributed by atoms with Crippen LogP contribution in [0.2, 0.25) is 0 Å². The average molecular weight is 513 g/mol. The van der Waals surface area contributed by atoms with Crippen molar-refractivity contribution in [3.63, 3.8) is 0 Å². The van der Waals surface area contributed by atoms with Crippen LogP contribution in [0.15, 0.2) is 66.7 Å². The first-order valence-corrected chi connectivity index (χ1v) is 11.7. The van der Waals surface area contributed by atoms with Crippen LogP contribution < -0.4 is 16.4 Å². The number of urea groups is 2. The lowest BCUT2D eigenvalue weighted by Gasteiger charge is -2.32. The van der Waals surface area contributed by atoms with Crippen molar-refractivity contribution in [3.8, 4) is 11.1 Å². The van der Waals surface area contributed by atoms with Crippen LogP contribution in [0.5, 0.6) is 0 Å². The number of benzene rings is 3. The fourth-order valence-corrected chi connectivity index (χ4v) is 4.69. The Hall–Kier alpha value is -4.05. The molecule has 1 aliphatic rings. The van der Waals surface area contributed by atoms with E-state index in [2.05, 4.69) is 10.6 Å². The summed E-state index contributed by atoms with van der Waals surface area (Å²) in [7, 11) is 0. The van der Waals surface area contributed by atoms with E-state index < -0.39 is 41.2 Å². The van der Waals surface area contributed by atoms with Crippen molar-refractivity contribution in [2.45, 2.75) is 31.0 Å². The summed E-state index contributed by atoms with van der Waals surface area (Å²) in [4.78, 5) is 25.8. The maximum atomic E-state index is 14.2. The number of rotatable bonds is 8. The summed E-state index contributed by atoms with van der Waals surface area (Å²) >= 11 is 0. The van der Waals surface area contributed by atoms with Gasteiger partial charge in [-0.2, -0.15) is 0 Å². The van der Waals surface area contributed by atoms with Crippen LogP contribution in [-0.4, -0.2) is 41.3 Å². The molecule has 1 aliphatic heterocycles. The maximum Gasteiger partial charge on any atom is 0.318 e. The lowest BCUT2D eigenvalue weighted by Crippen LogP contribution is -2.46. The van der Waals surface area contributed by atoms with Gasteiger partial charge >= 0.3 is 12.1 Å². The monoisotopic (exact) mass is 512 g/mol. The van der Waals surface area contributed by atoms with Crippen molar-refractivity contribution in [3.05, 3.63) is 95.3 Å². The molecule has 194 valence electrons. The molecule has 10 heteroatoms. The van der Waals surface area contributed by atoms with Gasteiger partial charge in [0, 0.05) is 24.6 Å². The lowest BCUT2D eigenvalue weighted by molar-refractivity contribution is 0.121. The first-order chi connectivity index (χ1) is 17.6. The SMILES string of the molecule is CC(c1ccc(-c2ccc(F)cc2F)cc1)N1CC(CC(O)CNC(N)=O)(c2ccc(F)cc2)NC1=O. The van der Waals surface area contributed by atoms with Crippen LogP contribution >= 0.6 is 0 Å². The van der Waals surface area contributed by atoms with E-state index in [9.17, 15) is 27.9 Å². The van der Waals surface area contributed by atoms with Gasteiger partial charge in [-0.1, -0.05) is 36.4 Å². The van der Waals surface area contributed by atoms with Crippen LogP contribution in [0, 0.1) is 17.5 Å². The Balaban J connectivity index is 1.58. The van der Waals surface area contributed by atoms with Gasteiger partial charge in [0.25, 0.3) is 0 Å². The first-order valence-electron chi connectivity index (χ1n) is 11.7. The Morgan fingerprint density at radius 1 is 1.08 bits per heavy atom. The summed E-state index contributed by atoms with van der Waals surface area (Å²) in [5, 5.41) is 15.9. The third-order valence-electron chi connectivity index (χ3n) is 6.64. The molecule has 0 aliphatic carbocycles. The number of hydrogen-bond acceptors (Lipinski definition) is 3. The topological polar surface area (TPSA) is 108 Å². The quantitative estimate of drug-likeness (QED) is 0.364. The molecular formula is C27H27F3N4O3. The summed E-state index contributed by atoms with van der Waals surface area (Å²) in [6.07, 6.45) is -1.01. The largest absolute Gasteiger partial charge is 0.391 e. The van der Waals surface area contributed by atoms with E-state index >= 15 is 0 Å². The molecule has 3 unspecified atom stereocenters. The highest BCUT2D eigenvalue weighted by Gasteiger charge is 2.46. The number of aliphatic hydroxyl groups excluding tert-OH is 1. The number of aliphatic hydroxyl groups is 1. The van der Waals surface area contributed by atoms with Gasteiger partial charge in [-0.3, -0.25) is 0 Å². The minimum Gasteiger partial charge on any atom is -0.391 e. The standard InChI is InChI=1S/C27H27F3N4O3/c1-16(17-2-4-18(5-3-17)23-11-10-21(29)12-24(23)30)34-15-27(33-26(34)37,13-22(35)14-32-25(31)36)19-6-8-20(28)9-7-19/h2-12,16,22,35H,13-15H2,1H3,(H,33,37)(H3,31,32,36). The molecule has 1 heterocycles. The van der Waals surface area contributed by atoms with Crippen LogP contribution in [0.1, 0.15) is 30.5 Å². The number of nitrogens with two attached hydrogens (primary N) is 1. The van der Waals surface area contributed by atoms with Gasteiger partial charge in [0.15, 0.2) is 0 Å². The highest BCUT2D eigenvalue weighted by atomic mass is 19.1. The molecule has 4 rings (SSSR count). The molecule has 4 amide bonds. The summed E-state index contributed by atoms with van der Waals surface area (Å²) in [5.41, 5.74) is 6.22. The van der Waals surface area contributed by atoms with Gasteiger partial charge in [-0.25, -0.2) is 22.8 Å². The first kappa shape index (κ1) is 26.0. The second-order valence-corrected chi connectivity index (χ2v) is 9.17. The number of amides is 4. The molecule has 3 aromatic rings. The number of hydrogen-bond donors (Lipinski definition) is 4. The van der Waals surface area contributed by atoms with Gasteiger partial charge in [0.1, 0.15) is 17.5 Å². The van der Waals surface area contributed by atoms with E-state index in [0.29, 0.717) is 11.1 Å². The highest BCUT2D eigenvalue weighted by molar-refractivity contribution is 5.79. The predicted molar refractivity (Wildman–Crippen MR) is 132 cm³/mol. The molecule has 3 aromatic carbocycles. The molecule has 0 aromatic heterocycles. The van der Waals surface area contributed by atoms with Gasteiger partial charge < -0.3 is 26.4 Å². The molecule has 0 spiro atoms. The fraction of sp³-hybridized carbons (Fsp3) is 0.259. The second-order valence-electron chi connectivity index (χ2n) is 9.17. The predicted octanol–water partition coefficient (Wildman–Crippen LogP) is 4.17. The average Bonchev–Trinajstić information content (AvgIpc) is 3.19. The fourth-order valence-electron chi connectivity index (χ4n) is 4.69. The minimum atomic E-state index is -1.06. The van der Waals surface area contributed by atoms with Gasteiger partial charge in [0.2, 0.25) is 0 Å². The van der Waals surface area contributed by atoms with Crippen molar-refractivity contribution in [2.75, 3.05) is 13.1 Å². The number of nitrogens with zero attached hydrogens (tertiary/aromatic N) is 1. The van der Waals surface area contributed by atoms with Gasteiger partial charge in [-0.15, -0.1) is 0 Å². The van der Waals surface area contributed by atoms with E-state index in [1.54, 1.807) is 41.3 Å². The molecule has 1 fully saturated rings. The van der Waals surface area contributed by atoms with Crippen LogP contribution in [0.3, 0.4) is 0 Å². The zero-order valence-electron chi connectivity index (χ0n) is 20.0. The molecule has 7 nitrogen and oxygen atoms in total. The van der Waals surface area contributed by atoms with Crippen molar-refractivity contribution in [2.24, 2.45) is 5.73 Å². The summed E-state index contributed by atoms with van der Waals surface area (Å²) in [6, 6.07) is 14.4. The maximum absolute atomic E-state index is 14.2. The van der Waals surface area contributed by atoms with E-state index in [0.717, 1.165) is 11.6 Å². The summed E-state index contributed by atoms with van der Waals surface area (Å²) in [6.45, 7) is 1.87. The number of primary amides is 1. The molecular weight excluding hydrogens is 485 g/mol. The lowest BCUT2D eigenvalue weighted by atomic mass is 9.84. The minimum absolute atomic E-state index is 0.0383. The molecule has 37 heavy (non-hydrogen) atoms. The Morgan fingerprint density at radius 2 is 1.73 bits per heavy atom. The number of carbonyl (C=O) groups excluding carboxylic acids is 2. The smallest absolute Gasteiger partial charge is 0.318 e. The zero-order chi connectivity index (χ0) is 26.7. The van der Waals surface area contributed by atoms with Crippen molar-refractivity contribution >= 4 is 12.1 Å². The van der Waals surface area contributed by atoms with Gasteiger partial charge in [-0.05, 0) is 47.9 Å². The van der Waals surface area contributed by atoms with Crippen LogP contribution in [0.4, 0.5) is 22.8 Å². The summed E-state index contributed by atoms with van der Waals surface area (Å²) in [5.74, 6) is -1.78. The molecule has 0 bridgehead atoms. The Labute approximate surface area is 212 Å². The third kappa shape index (κ3) is 5.69. The van der Waals surface area contributed by atoms with Crippen molar-refractivity contribution in [1.29, 1.82) is 0 Å². The van der Waals surface area contributed by atoms with E-state index in [4.69, 9.17) is 5.73 Å². The number of carbonyl (C=O) groups is 2. The van der Waals surface area contributed by atoms with Crippen LogP contribution in [0.25, 0.3) is 11.1 Å². The Bertz CT molecular complexity index is 1290. The normalized spacial score (nSPS) is 18.8.